The number of hydrogen-bond acceptors (Lipinski definition) is 4. The molecule has 0 aromatic heterocycles. The van der Waals surface area contributed by atoms with Gasteiger partial charge in [0, 0.05) is 12.7 Å². The van der Waals surface area contributed by atoms with Crippen molar-refractivity contribution in [3.8, 4) is 0 Å². The molecule has 1 unspecified atom stereocenters. The summed E-state index contributed by atoms with van der Waals surface area (Å²) in [5.41, 5.74) is -0.825. The van der Waals surface area contributed by atoms with Crippen LogP contribution in [0.4, 0.5) is 4.79 Å². The third-order valence-corrected chi connectivity index (χ3v) is 3.67. The van der Waals surface area contributed by atoms with E-state index in [0.29, 0.717) is 19.4 Å². The van der Waals surface area contributed by atoms with E-state index in [-0.39, 0.29) is 18.4 Å². The largest absolute Gasteiger partial charge is 0.466 e. The summed E-state index contributed by atoms with van der Waals surface area (Å²) in [4.78, 5) is 24.8. The molecule has 2 aliphatic rings. The van der Waals surface area contributed by atoms with E-state index in [2.05, 4.69) is 10.6 Å². The van der Waals surface area contributed by atoms with Gasteiger partial charge in [0.1, 0.15) is 5.66 Å². The average molecular weight is 269 g/mol. The number of piperidine rings is 1. The van der Waals surface area contributed by atoms with Crippen molar-refractivity contribution in [2.45, 2.75) is 38.3 Å². The van der Waals surface area contributed by atoms with Crippen molar-refractivity contribution in [1.82, 2.24) is 15.5 Å². The van der Waals surface area contributed by atoms with E-state index in [0.717, 1.165) is 12.8 Å². The molecule has 7 nitrogen and oxygen atoms in total. The summed E-state index contributed by atoms with van der Waals surface area (Å²) >= 11 is 0. The van der Waals surface area contributed by atoms with Gasteiger partial charge in [-0.05, 0) is 25.7 Å². The van der Waals surface area contributed by atoms with Gasteiger partial charge in [-0.1, -0.05) is 6.92 Å². The molecular weight excluding hydrogens is 250 g/mol. The lowest BCUT2D eigenvalue weighted by Gasteiger charge is -2.45. The molecule has 0 saturated carbocycles. The van der Waals surface area contributed by atoms with Crippen LogP contribution in [0.3, 0.4) is 0 Å². The average Bonchev–Trinajstić information content (AvgIpc) is 2.93. The molecule has 2 heterocycles. The van der Waals surface area contributed by atoms with Crippen molar-refractivity contribution in [2.24, 2.45) is 0 Å². The number of nitrogens with one attached hydrogen (secondary N) is 2. The fourth-order valence-corrected chi connectivity index (χ4v) is 2.60. The molecule has 0 aliphatic carbocycles. The number of carbonyl (C=O) groups excluding carboxylic acids is 1. The molecule has 0 aromatic rings. The summed E-state index contributed by atoms with van der Waals surface area (Å²) in [6, 6.07) is 0. The van der Waals surface area contributed by atoms with Crippen molar-refractivity contribution in [2.75, 3.05) is 13.3 Å². The zero-order valence-corrected chi connectivity index (χ0v) is 10.9. The molecule has 7 heteroatoms. The molecule has 1 saturated heterocycles. The van der Waals surface area contributed by atoms with Crippen molar-refractivity contribution in [1.29, 1.82) is 0 Å². The van der Waals surface area contributed by atoms with Crippen LogP contribution in [0, 0.1) is 0 Å². The number of likely N-dealkylation sites (tertiary alicyclic amines) is 1. The second-order valence-corrected chi connectivity index (χ2v) is 4.73. The Morgan fingerprint density at radius 3 is 2.95 bits per heavy atom. The van der Waals surface area contributed by atoms with Gasteiger partial charge in [0.2, 0.25) is 5.76 Å². The molecule has 2 aliphatic heterocycles. The summed E-state index contributed by atoms with van der Waals surface area (Å²) in [7, 11) is 0. The first-order valence-electron chi connectivity index (χ1n) is 6.48. The predicted molar refractivity (Wildman–Crippen MR) is 66.9 cm³/mol. The van der Waals surface area contributed by atoms with Crippen molar-refractivity contribution in [3.63, 3.8) is 0 Å². The Morgan fingerprint density at radius 2 is 2.37 bits per heavy atom. The van der Waals surface area contributed by atoms with E-state index in [1.54, 1.807) is 0 Å². The highest BCUT2D eigenvalue weighted by atomic mass is 16.5. The van der Waals surface area contributed by atoms with Gasteiger partial charge in [-0.2, -0.15) is 0 Å². The fraction of sp³-hybridized carbons (Fsp3) is 0.667. The highest BCUT2D eigenvalue weighted by Gasteiger charge is 2.42. The Balaban J connectivity index is 2.15. The van der Waals surface area contributed by atoms with Crippen LogP contribution < -0.4 is 10.6 Å². The highest BCUT2D eigenvalue weighted by Crippen LogP contribution is 2.29. The zero-order valence-electron chi connectivity index (χ0n) is 10.9. The molecule has 2 amide bonds. The Kier molecular flexibility index (Phi) is 3.82. The summed E-state index contributed by atoms with van der Waals surface area (Å²) in [5, 5.41) is 14.9. The first-order chi connectivity index (χ1) is 9.09. The van der Waals surface area contributed by atoms with Gasteiger partial charge >= 0.3 is 6.09 Å². The van der Waals surface area contributed by atoms with Crippen molar-refractivity contribution in [3.05, 3.63) is 12.0 Å². The number of nitrogens with zero attached hydrogens (tertiary/aromatic N) is 1. The van der Waals surface area contributed by atoms with E-state index in [1.807, 2.05) is 6.92 Å². The second-order valence-electron chi connectivity index (χ2n) is 4.73. The van der Waals surface area contributed by atoms with Gasteiger partial charge in [-0.15, -0.1) is 0 Å². The summed E-state index contributed by atoms with van der Waals surface area (Å²) < 4.78 is 5.11. The number of carbonyl (C=O) groups is 2. The van der Waals surface area contributed by atoms with Gasteiger partial charge in [-0.3, -0.25) is 9.69 Å². The normalized spacial score (nSPS) is 26.2. The minimum Gasteiger partial charge on any atom is -0.466 e. The van der Waals surface area contributed by atoms with Gasteiger partial charge in [-0.25, -0.2) is 4.79 Å². The van der Waals surface area contributed by atoms with Crippen molar-refractivity contribution >= 4 is 12.0 Å². The Labute approximate surface area is 111 Å². The Morgan fingerprint density at radius 1 is 1.58 bits per heavy atom. The zero-order chi connectivity index (χ0) is 13.9. The maximum absolute atomic E-state index is 12.1. The maximum atomic E-state index is 12.1. The first kappa shape index (κ1) is 13.5. The minimum atomic E-state index is -0.999. The predicted octanol–water partition coefficient (Wildman–Crippen LogP) is 0.791. The van der Waals surface area contributed by atoms with Crippen molar-refractivity contribution < 1.29 is 19.4 Å². The van der Waals surface area contributed by atoms with Gasteiger partial charge < -0.3 is 20.5 Å². The quantitative estimate of drug-likeness (QED) is 0.704. The SMILES string of the molecule is CCC1(NC(=O)C2=CNCO2)CCCCN1C(=O)O. The Hall–Kier alpha value is -1.92. The summed E-state index contributed by atoms with van der Waals surface area (Å²) in [6.45, 7) is 2.59. The molecule has 0 aromatic carbocycles. The number of rotatable bonds is 3. The molecule has 106 valence electrons. The van der Waals surface area contributed by atoms with Crippen LogP contribution >= 0.6 is 0 Å². The molecule has 0 bridgehead atoms. The molecular formula is C12H19N3O4. The maximum Gasteiger partial charge on any atom is 0.409 e. The smallest absolute Gasteiger partial charge is 0.409 e. The second kappa shape index (κ2) is 5.38. The van der Waals surface area contributed by atoms with E-state index >= 15 is 0 Å². The first-order valence-corrected chi connectivity index (χ1v) is 6.48. The van der Waals surface area contributed by atoms with Crippen LogP contribution in [-0.4, -0.2) is 40.9 Å². The topological polar surface area (TPSA) is 90.9 Å². The molecule has 19 heavy (non-hydrogen) atoms. The number of hydrogen-bond donors (Lipinski definition) is 3. The van der Waals surface area contributed by atoms with Gasteiger partial charge in [0.25, 0.3) is 5.91 Å². The molecule has 3 N–H and O–H groups in total. The summed E-state index contributed by atoms with van der Waals surface area (Å²) in [5.74, 6) is -0.177. The van der Waals surface area contributed by atoms with Crippen LogP contribution in [-0.2, 0) is 9.53 Å². The Bertz CT molecular complexity index is 410. The van der Waals surface area contributed by atoms with Crippen LogP contribution in [0.5, 0.6) is 0 Å². The molecule has 0 spiro atoms. The number of ether oxygens (including phenoxy) is 1. The van der Waals surface area contributed by atoms with E-state index in [4.69, 9.17) is 4.74 Å². The van der Waals surface area contributed by atoms with Crippen LogP contribution in [0.1, 0.15) is 32.6 Å². The van der Waals surface area contributed by atoms with Crippen LogP contribution in [0.2, 0.25) is 0 Å². The molecule has 1 fully saturated rings. The number of carboxylic acid groups (broad SMARTS) is 1. The molecule has 2 rings (SSSR count). The van der Waals surface area contributed by atoms with Gasteiger partial charge in [0.15, 0.2) is 6.73 Å². The minimum absolute atomic E-state index is 0.198. The van der Waals surface area contributed by atoms with Crippen LogP contribution in [0.15, 0.2) is 12.0 Å². The third-order valence-electron chi connectivity index (χ3n) is 3.67. The van der Waals surface area contributed by atoms with E-state index in [9.17, 15) is 14.7 Å². The molecule has 1 atom stereocenters. The van der Waals surface area contributed by atoms with E-state index in [1.165, 1.54) is 11.1 Å². The number of amides is 2. The lowest BCUT2D eigenvalue weighted by atomic mass is 9.92. The third kappa shape index (κ3) is 2.59. The van der Waals surface area contributed by atoms with E-state index < -0.39 is 11.8 Å². The fourth-order valence-electron chi connectivity index (χ4n) is 2.60. The monoisotopic (exact) mass is 269 g/mol. The van der Waals surface area contributed by atoms with Gasteiger partial charge in [0.05, 0.1) is 0 Å². The lowest BCUT2D eigenvalue weighted by Crippen LogP contribution is -2.64. The lowest BCUT2D eigenvalue weighted by molar-refractivity contribution is -0.125. The standard InChI is InChI=1S/C12H19N3O4/c1-2-12(5-3-4-6-15(12)11(17)18)14-10(16)9-7-13-8-19-9/h7,13H,2-6,8H2,1H3,(H,14,16)(H,17,18). The highest BCUT2D eigenvalue weighted by molar-refractivity contribution is 5.92. The molecule has 0 radical (unpaired) electrons. The van der Waals surface area contributed by atoms with Crippen LogP contribution in [0.25, 0.3) is 0 Å². The summed E-state index contributed by atoms with van der Waals surface area (Å²) in [6.07, 6.45) is 3.38.